The van der Waals surface area contributed by atoms with Gasteiger partial charge in [0.15, 0.2) is 0 Å². The summed E-state index contributed by atoms with van der Waals surface area (Å²) in [5.74, 6) is 0. The van der Waals surface area contributed by atoms with E-state index >= 15 is 0 Å². The van der Waals surface area contributed by atoms with Gasteiger partial charge in [-0.25, -0.2) is 0 Å². The molecule has 13 aromatic rings. The van der Waals surface area contributed by atoms with Crippen molar-refractivity contribution in [2.45, 2.75) is 0 Å². The van der Waals surface area contributed by atoms with Crippen molar-refractivity contribution < 1.29 is 4.42 Å². The minimum absolute atomic E-state index is 0.896. The molecular weight excluding hydrogens is 765 g/mol. The molecule has 0 saturated carbocycles. The molecular formula is C60H38N2O. The average molecular weight is 803 g/mol. The molecule has 11 aromatic carbocycles. The number of hydrogen-bond donors (Lipinski definition) is 0. The smallest absolute Gasteiger partial charge is 0.143 e. The van der Waals surface area contributed by atoms with Gasteiger partial charge in [0, 0.05) is 49.7 Å². The average Bonchev–Trinajstić information content (AvgIpc) is 3.91. The highest BCUT2D eigenvalue weighted by molar-refractivity contribution is 6.19. The Balaban J connectivity index is 0.938. The largest absolute Gasteiger partial charge is 0.455 e. The first-order valence-electron chi connectivity index (χ1n) is 21.6. The fraction of sp³-hybridized carbons (Fsp3) is 0. The molecule has 0 fully saturated rings. The van der Waals surface area contributed by atoms with E-state index in [2.05, 4.69) is 240 Å². The summed E-state index contributed by atoms with van der Waals surface area (Å²) in [5.41, 5.74) is 13.3. The molecule has 0 saturated heterocycles. The first-order chi connectivity index (χ1) is 31.2. The highest BCUT2D eigenvalue weighted by Crippen LogP contribution is 2.43. The topological polar surface area (TPSA) is 21.3 Å². The standard InChI is InChI=1S/C60H38N2O/c1-4-15-49-39(12-1)28-37-54-59-48(20-11-23-58(59)63-60(49)54)40-24-29-43(30-25-40)61(45-33-35-46(36-34-45)62-56-21-9-7-18-52(56)53-19-8-10-22-57(53)62)44-31-26-41(27-32-44)55-38-42-13-2-3-14-47(42)50-16-5-6-17-51(50)55/h1-38H. The molecule has 13 rings (SSSR count). The first-order valence-corrected chi connectivity index (χ1v) is 21.6. The van der Waals surface area contributed by atoms with E-state index < -0.39 is 0 Å². The second kappa shape index (κ2) is 14.1. The Kier molecular flexibility index (Phi) is 7.91. The molecule has 0 amide bonds. The van der Waals surface area contributed by atoms with E-state index in [1.807, 2.05) is 0 Å². The molecule has 63 heavy (non-hydrogen) atoms. The van der Waals surface area contributed by atoms with E-state index in [-0.39, 0.29) is 0 Å². The molecule has 0 unspecified atom stereocenters. The number of rotatable bonds is 6. The predicted octanol–water partition coefficient (Wildman–Crippen LogP) is 16.9. The van der Waals surface area contributed by atoms with Crippen molar-refractivity contribution in [3.8, 4) is 27.9 Å². The zero-order valence-electron chi connectivity index (χ0n) is 34.2. The van der Waals surface area contributed by atoms with Crippen LogP contribution in [0.3, 0.4) is 0 Å². The predicted molar refractivity (Wildman–Crippen MR) is 266 cm³/mol. The number of hydrogen-bond acceptors (Lipinski definition) is 2. The SMILES string of the molecule is c1ccc2c(c1)cc(-c1ccc(N(c3ccc(-c4cccc5oc6c7ccccc7ccc6c45)cc3)c3ccc(-n4c5ccccc5c5ccccc54)cc3)cc1)c1ccccc12. The van der Waals surface area contributed by atoms with Crippen LogP contribution in [0.4, 0.5) is 17.1 Å². The van der Waals surface area contributed by atoms with Crippen LogP contribution < -0.4 is 4.90 Å². The van der Waals surface area contributed by atoms with Gasteiger partial charge < -0.3 is 13.9 Å². The number of benzene rings is 11. The van der Waals surface area contributed by atoms with Gasteiger partial charge in [0.2, 0.25) is 0 Å². The van der Waals surface area contributed by atoms with Crippen LogP contribution in [-0.4, -0.2) is 4.57 Å². The van der Waals surface area contributed by atoms with E-state index in [4.69, 9.17) is 4.42 Å². The summed E-state index contributed by atoms with van der Waals surface area (Å²) in [6, 6.07) is 83.4. The van der Waals surface area contributed by atoms with Crippen LogP contribution in [-0.2, 0) is 0 Å². The maximum absolute atomic E-state index is 6.57. The lowest BCUT2D eigenvalue weighted by molar-refractivity contribution is 0.673. The van der Waals surface area contributed by atoms with Gasteiger partial charge in [-0.1, -0.05) is 152 Å². The van der Waals surface area contributed by atoms with Gasteiger partial charge in [0.1, 0.15) is 11.2 Å². The third-order valence-electron chi connectivity index (χ3n) is 13.0. The van der Waals surface area contributed by atoms with Crippen LogP contribution in [0.25, 0.3) is 104 Å². The van der Waals surface area contributed by atoms with Gasteiger partial charge in [-0.2, -0.15) is 0 Å². The van der Waals surface area contributed by atoms with E-state index in [1.165, 1.54) is 59.9 Å². The number of aromatic nitrogens is 1. The van der Waals surface area contributed by atoms with Crippen molar-refractivity contribution in [1.82, 2.24) is 4.57 Å². The Labute approximate surface area is 363 Å². The van der Waals surface area contributed by atoms with Gasteiger partial charge in [-0.3, -0.25) is 0 Å². The first kappa shape index (κ1) is 35.4. The number of furan rings is 1. The summed E-state index contributed by atoms with van der Waals surface area (Å²) in [5, 5.41) is 12.1. The maximum Gasteiger partial charge on any atom is 0.143 e. The fourth-order valence-corrected chi connectivity index (χ4v) is 10.1. The zero-order valence-corrected chi connectivity index (χ0v) is 34.2. The fourth-order valence-electron chi connectivity index (χ4n) is 10.1. The normalized spacial score (nSPS) is 11.8. The lowest BCUT2D eigenvalue weighted by atomic mass is 9.93. The van der Waals surface area contributed by atoms with Crippen LogP contribution in [0.15, 0.2) is 235 Å². The highest BCUT2D eigenvalue weighted by atomic mass is 16.3. The molecule has 2 heterocycles. The molecule has 0 aliphatic carbocycles. The van der Waals surface area contributed by atoms with Crippen LogP contribution in [0.1, 0.15) is 0 Å². The Morgan fingerprint density at radius 1 is 0.333 bits per heavy atom. The Morgan fingerprint density at radius 2 is 0.857 bits per heavy atom. The lowest BCUT2D eigenvalue weighted by Crippen LogP contribution is -2.10. The molecule has 0 spiro atoms. The van der Waals surface area contributed by atoms with Gasteiger partial charge >= 0.3 is 0 Å². The molecule has 0 radical (unpaired) electrons. The van der Waals surface area contributed by atoms with Crippen LogP contribution >= 0.6 is 0 Å². The summed E-state index contributed by atoms with van der Waals surface area (Å²) in [6.07, 6.45) is 0. The third kappa shape index (κ3) is 5.60. The van der Waals surface area contributed by atoms with Crippen molar-refractivity contribution >= 4 is 93.1 Å². The van der Waals surface area contributed by atoms with Crippen LogP contribution in [0.2, 0.25) is 0 Å². The molecule has 0 N–H and O–H groups in total. The number of fused-ring (bicyclic) bond motifs is 11. The third-order valence-corrected chi connectivity index (χ3v) is 13.0. The molecule has 0 atom stereocenters. The van der Waals surface area contributed by atoms with Gasteiger partial charge in [-0.15, -0.1) is 0 Å². The highest BCUT2D eigenvalue weighted by Gasteiger charge is 2.19. The second-order valence-corrected chi connectivity index (χ2v) is 16.5. The molecule has 3 nitrogen and oxygen atoms in total. The lowest BCUT2D eigenvalue weighted by Gasteiger charge is -2.26. The molecule has 2 aromatic heterocycles. The quantitative estimate of drug-likeness (QED) is 0.156. The Hall–Kier alpha value is -8.40. The Morgan fingerprint density at radius 3 is 1.52 bits per heavy atom. The molecule has 0 aliphatic rings. The minimum atomic E-state index is 0.896. The molecule has 0 aliphatic heterocycles. The van der Waals surface area contributed by atoms with Gasteiger partial charge in [0.25, 0.3) is 0 Å². The van der Waals surface area contributed by atoms with Crippen molar-refractivity contribution in [2.24, 2.45) is 0 Å². The summed E-state index contributed by atoms with van der Waals surface area (Å²) in [7, 11) is 0. The molecule has 294 valence electrons. The van der Waals surface area contributed by atoms with Crippen molar-refractivity contribution in [1.29, 1.82) is 0 Å². The zero-order chi connectivity index (χ0) is 41.4. The number of nitrogens with zero attached hydrogens (tertiary/aromatic N) is 2. The van der Waals surface area contributed by atoms with Crippen LogP contribution in [0, 0.1) is 0 Å². The monoisotopic (exact) mass is 802 g/mol. The van der Waals surface area contributed by atoms with E-state index in [0.717, 1.165) is 61.2 Å². The Bertz CT molecular complexity index is 3840. The maximum atomic E-state index is 6.57. The summed E-state index contributed by atoms with van der Waals surface area (Å²) >= 11 is 0. The molecule has 3 heteroatoms. The summed E-state index contributed by atoms with van der Waals surface area (Å²) in [4.78, 5) is 2.36. The van der Waals surface area contributed by atoms with E-state index in [9.17, 15) is 0 Å². The minimum Gasteiger partial charge on any atom is -0.455 e. The molecule has 0 bridgehead atoms. The van der Waals surface area contributed by atoms with E-state index in [0.29, 0.717) is 0 Å². The van der Waals surface area contributed by atoms with Crippen molar-refractivity contribution in [2.75, 3.05) is 4.90 Å². The summed E-state index contributed by atoms with van der Waals surface area (Å²) in [6.45, 7) is 0. The number of anilines is 3. The van der Waals surface area contributed by atoms with Crippen molar-refractivity contribution in [3.05, 3.63) is 231 Å². The second-order valence-electron chi connectivity index (χ2n) is 16.5. The van der Waals surface area contributed by atoms with E-state index in [1.54, 1.807) is 0 Å². The van der Waals surface area contributed by atoms with Crippen molar-refractivity contribution in [3.63, 3.8) is 0 Å². The summed E-state index contributed by atoms with van der Waals surface area (Å²) < 4.78 is 8.94. The van der Waals surface area contributed by atoms with Gasteiger partial charge in [-0.05, 0) is 128 Å². The van der Waals surface area contributed by atoms with Crippen LogP contribution in [0.5, 0.6) is 0 Å². The van der Waals surface area contributed by atoms with Gasteiger partial charge in [0.05, 0.1) is 11.0 Å². The number of para-hydroxylation sites is 2.